The SMILES string of the molecule is COC(=O)C1=C(C)N=C2SC=C(CC(=O)NCCN3CCCCC3)N2[C@@H]1c1ccsc1. The number of nitrogens with one attached hydrogen (secondary N) is 1. The molecular weight excluding hydrogens is 432 g/mol. The number of allylic oxidation sites excluding steroid dienone is 1. The summed E-state index contributed by atoms with van der Waals surface area (Å²) in [4.78, 5) is 34.4. The summed E-state index contributed by atoms with van der Waals surface area (Å²) in [6.45, 7) is 5.62. The largest absolute Gasteiger partial charge is 0.466 e. The van der Waals surface area contributed by atoms with Crippen molar-refractivity contribution in [3.8, 4) is 0 Å². The lowest BCUT2D eigenvalue weighted by molar-refractivity contribution is -0.136. The van der Waals surface area contributed by atoms with Crippen LogP contribution in [0.2, 0.25) is 0 Å². The van der Waals surface area contributed by atoms with Crippen molar-refractivity contribution in [2.24, 2.45) is 4.99 Å². The second-order valence-electron chi connectivity index (χ2n) is 7.87. The molecule has 31 heavy (non-hydrogen) atoms. The molecule has 9 heteroatoms. The van der Waals surface area contributed by atoms with Crippen LogP contribution >= 0.6 is 23.1 Å². The smallest absolute Gasteiger partial charge is 0.338 e. The Morgan fingerprint density at radius 2 is 2.10 bits per heavy atom. The maximum atomic E-state index is 12.7. The van der Waals surface area contributed by atoms with Crippen LogP contribution in [0.3, 0.4) is 0 Å². The highest BCUT2D eigenvalue weighted by atomic mass is 32.2. The number of nitrogens with zero attached hydrogens (tertiary/aromatic N) is 3. The number of likely N-dealkylation sites (tertiary alicyclic amines) is 1. The molecule has 4 heterocycles. The number of ether oxygens (including phenoxy) is 1. The fraction of sp³-hybridized carbons (Fsp3) is 0.500. The van der Waals surface area contributed by atoms with Gasteiger partial charge in [0, 0.05) is 18.8 Å². The average Bonchev–Trinajstić information content (AvgIpc) is 3.44. The van der Waals surface area contributed by atoms with Crippen molar-refractivity contribution in [1.29, 1.82) is 0 Å². The number of esters is 1. The van der Waals surface area contributed by atoms with Crippen molar-refractivity contribution in [3.63, 3.8) is 0 Å². The fourth-order valence-corrected chi connectivity index (χ4v) is 5.89. The Hall–Kier alpha value is -2.10. The number of amidine groups is 1. The van der Waals surface area contributed by atoms with E-state index in [0.717, 1.165) is 36.1 Å². The number of carbonyl (C=O) groups is 2. The quantitative estimate of drug-likeness (QED) is 0.628. The third-order valence-electron chi connectivity index (χ3n) is 5.81. The van der Waals surface area contributed by atoms with Crippen molar-refractivity contribution in [1.82, 2.24) is 15.1 Å². The van der Waals surface area contributed by atoms with Crippen LogP contribution in [0.5, 0.6) is 0 Å². The van der Waals surface area contributed by atoms with E-state index in [2.05, 4.69) is 15.2 Å². The van der Waals surface area contributed by atoms with Gasteiger partial charge in [0.2, 0.25) is 5.91 Å². The van der Waals surface area contributed by atoms with Crippen LogP contribution in [0.15, 0.2) is 44.2 Å². The van der Waals surface area contributed by atoms with Crippen molar-refractivity contribution < 1.29 is 14.3 Å². The predicted molar refractivity (Wildman–Crippen MR) is 125 cm³/mol. The highest BCUT2D eigenvalue weighted by Crippen LogP contribution is 2.45. The predicted octanol–water partition coefficient (Wildman–Crippen LogP) is 3.49. The Bertz CT molecular complexity index is 917. The van der Waals surface area contributed by atoms with E-state index in [-0.39, 0.29) is 18.4 Å². The maximum Gasteiger partial charge on any atom is 0.338 e. The zero-order chi connectivity index (χ0) is 21.8. The number of hydrogen-bond donors (Lipinski definition) is 1. The molecule has 0 bridgehead atoms. The summed E-state index contributed by atoms with van der Waals surface area (Å²) in [6.07, 6.45) is 4.05. The summed E-state index contributed by atoms with van der Waals surface area (Å²) in [7, 11) is 1.39. The number of carbonyl (C=O) groups excluding carboxylic acids is 2. The third-order valence-corrected chi connectivity index (χ3v) is 7.40. The molecule has 1 aromatic rings. The number of piperidine rings is 1. The minimum absolute atomic E-state index is 0.0138. The van der Waals surface area contributed by atoms with Gasteiger partial charge in [-0.2, -0.15) is 11.3 Å². The second-order valence-corrected chi connectivity index (χ2v) is 9.49. The molecule has 3 aliphatic heterocycles. The minimum atomic E-state index is -0.390. The first-order valence-electron chi connectivity index (χ1n) is 10.6. The molecule has 1 saturated heterocycles. The Morgan fingerprint density at radius 1 is 1.29 bits per heavy atom. The number of thioether (sulfide) groups is 1. The molecule has 166 valence electrons. The van der Waals surface area contributed by atoms with Gasteiger partial charge < -0.3 is 19.9 Å². The van der Waals surface area contributed by atoms with Crippen molar-refractivity contribution >= 4 is 40.1 Å². The van der Waals surface area contributed by atoms with Gasteiger partial charge in [-0.3, -0.25) is 4.79 Å². The molecule has 1 fully saturated rings. The maximum absolute atomic E-state index is 12.7. The number of thiophene rings is 1. The molecule has 0 spiro atoms. The molecule has 1 atom stereocenters. The molecular formula is C22H28N4O3S2. The van der Waals surface area contributed by atoms with E-state index in [4.69, 9.17) is 4.74 Å². The zero-order valence-corrected chi connectivity index (χ0v) is 19.6. The Morgan fingerprint density at radius 3 is 2.81 bits per heavy atom. The van der Waals surface area contributed by atoms with Crippen LogP contribution in [0.4, 0.5) is 0 Å². The second kappa shape index (κ2) is 10.0. The number of fused-ring (bicyclic) bond motifs is 1. The molecule has 0 aromatic carbocycles. The van der Waals surface area contributed by atoms with Gasteiger partial charge in [-0.1, -0.05) is 18.2 Å². The molecule has 0 unspecified atom stereocenters. The number of amides is 1. The molecule has 7 nitrogen and oxygen atoms in total. The van der Waals surface area contributed by atoms with Crippen LogP contribution < -0.4 is 5.32 Å². The number of methoxy groups -OCH3 is 1. The number of aliphatic imine (C=N–C) groups is 1. The molecule has 0 aliphatic carbocycles. The standard InChI is InChI=1S/C22H28N4O3S2/c1-15-19(21(28)29-2)20(16-6-11-30-13-16)26-17(14-31-22(26)24-15)12-18(27)23-7-10-25-8-4-3-5-9-25/h6,11,13-14,20H,3-5,7-10,12H2,1-2H3,(H,23,27)/t20-/m1/s1. The van der Waals surface area contributed by atoms with Crippen molar-refractivity contribution in [3.05, 3.63) is 44.8 Å². The van der Waals surface area contributed by atoms with E-state index in [1.807, 2.05) is 34.1 Å². The van der Waals surface area contributed by atoms with Crippen LogP contribution in [0, 0.1) is 0 Å². The summed E-state index contributed by atoms with van der Waals surface area (Å²) >= 11 is 3.07. The van der Waals surface area contributed by atoms with Crippen LogP contribution in [-0.4, -0.2) is 60.1 Å². The highest BCUT2D eigenvalue weighted by Gasteiger charge is 2.41. The van der Waals surface area contributed by atoms with Crippen LogP contribution in [0.25, 0.3) is 0 Å². The molecule has 0 saturated carbocycles. The van der Waals surface area contributed by atoms with Crippen LogP contribution in [-0.2, 0) is 14.3 Å². The lowest BCUT2D eigenvalue weighted by Gasteiger charge is -2.35. The van der Waals surface area contributed by atoms with E-state index in [1.165, 1.54) is 38.1 Å². The monoisotopic (exact) mass is 460 g/mol. The van der Waals surface area contributed by atoms with Gasteiger partial charge in [-0.25, -0.2) is 9.79 Å². The summed E-state index contributed by atoms with van der Waals surface area (Å²) in [5.74, 6) is -0.404. The van der Waals surface area contributed by atoms with E-state index < -0.39 is 5.97 Å². The summed E-state index contributed by atoms with van der Waals surface area (Å²) in [5.41, 5.74) is 3.02. The molecule has 4 rings (SSSR count). The fourth-order valence-electron chi connectivity index (χ4n) is 4.25. The molecule has 1 amide bonds. The van der Waals surface area contributed by atoms with E-state index in [1.54, 1.807) is 11.3 Å². The zero-order valence-electron chi connectivity index (χ0n) is 17.9. The van der Waals surface area contributed by atoms with Gasteiger partial charge >= 0.3 is 5.97 Å². The first-order valence-corrected chi connectivity index (χ1v) is 12.4. The molecule has 0 radical (unpaired) electrons. The van der Waals surface area contributed by atoms with Gasteiger partial charge in [-0.05, 0) is 60.7 Å². The van der Waals surface area contributed by atoms with Crippen molar-refractivity contribution in [2.45, 2.75) is 38.6 Å². The Balaban J connectivity index is 1.46. The van der Waals surface area contributed by atoms with Gasteiger partial charge in [0.1, 0.15) is 0 Å². The average molecular weight is 461 g/mol. The Labute approximate surface area is 191 Å². The minimum Gasteiger partial charge on any atom is -0.466 e. The first-order chi connectivity index (χ1) is 15.1. The molecule has 3 aliphatic rings. The lowest BCUT2D eigenvalue weighted by Crippen LogP contribution is -2.39. The number of rotatable bonds is 7. The number of hydrogen-bond acceptors (Lipinski definition) is 8. The summed E-state index contributed by atoms with van der Waals surface area (Å²) in [6, 6.07) is 1.67. The van der Waals surface area contributed by atoms with Gasteiger partial charge in [-0.15, -0.1) is 0 Å². The van der Waals surface area contributed by atoms with E-state index in [9.17, 15) is 9.59 Å². The first kappa shape index (κ1) is 22.1. The normalized spacial score (nSPS) is 21.5. The van der Waals surface area contributed by atoms with Crippen LogP contribution in [0.1, 0.15) is 44.2 Å². The van der Waals surface area contributed by atoms with Gasteiger partial charge in [0.15, 0.2) is 5.17 Å². The van der Waals surface area contributed by atoms with E-state index in [0.29, 0.717) is 17.8 Å². The summed E-state index contributed by atoms with van der Waals surface area (Å²) in [5, 5.41) is 9.84. The summed E-state index contributed by atoms with van der Waals surface area (Å²) < 4.78 is 5.06. The molecule has 1 aromatic heterocycles. The Kier molecular flexibility index (Phi) is 7.14. The van der Waals surface area contributed by atoms with E-state index >= 15 is 0 Å². The van der Waals surface area contributed by atoms with Gasteiger partial charge in [0.05, 0.1) is 30.8 Å². The lowest BCUT2D eigenvalue weighted by atomic mass is 9.96. The van der Waals surface area contributed by atoms with Crippen molar-refractivity contribution in [2.75, 3.05) is 33.3 Å². The topological polar surface area (TPSA) is 74.2 Å². The third kappa shape index (κ3) is 4.88. The highest BCUT2D eigenvalue weighted by molar-refractivity contribution is 8.16. The molecule has 1 N–H and O–H groups in total. The van der Waals surface area contributed by atoms with Gasteiger partial charge in [0.25, 0.3) is 0 Å².